The molecule has 1 rings (SSSR count). The van der Waals surface area contributed by atoms with Gasteiger partial charge in [-0.15, -0.1) is 0 Å². The fourth-order valence-corrected chi connectivity index (χ4v) is 1.22. The van der Waals surface area contributed by atoms with Crippen LogP contribution in [0.15, 0.2) is 18.2 Å². The molecule has 0 unspecified atom stereocenters. The monoisotopic (exact) mass is 227 g/mol. The Hall–Kier alpha value is -1.98. The molecule has 1 N–H and O–H groups in total. The van der Waals surface area contributed by atoms with Gasteiger partial charge in [0.05, 0.1) is 10.3 Å². The van der Waals surface area contributed by atoms with Crippen LogP contribution in [0.25, 0.3) is 0 Å². The van der Waals surface area contributed by atoms with Crippen LogP contribution < -0.4 is 0 Å². The Morgan fingerprint density at radius 3 is 2.50 bits per heavy atom. The molecule has 0 aliphatic heterocycles. The zero-order valence-electron chi connectivity index (χ0n) is 8.73. The highest BCUT2D eigenvalue weighted by Crippen LogP contribution is 2.29. The summed E-state index contributed by atoms with van der Waals surface area (Å²) in [5.74, 6) is -2.01. The molecule has 6 heteroatoms. The maximum atomic E-state index is 13.4. The topological polar surface area (TPSA) is 80.4 Å². The Morgan fingerprint density at radius 1 is 1.50 bits per heavy atom. The molecule has 0 aliphatic carbocycles. The molecule has 0 radical (unpaired) electrons. The van der Waals surface area contributed by atoms with Crippen molar-refractivity contribution in [2.45, 2.75) is 19.3 Å². The number of nitro groups is 1. The molecule has 0 aliphatic rings. The van der Waals surface area contributed by atoms with Gasteiger partial charge in [0.1, 0.15) is 5.82 Å². The van der Waals surface area contributed by atoms with Crippen molar-refractivity contribution in [3.63, 3.8) is 0 Å². The van der Waals surface area contributed by atoms with Gasteiger partial charge in [-0.05, 0) is 19.9 Å². The molecular weight excluding hydrogens is 217 g/mol. The number of benzene rings is 1. The Bertz CT molecular complexity index is 456. The lowest BCUT2D eigenvalue weighted by molar-refractivity contribution is -0.385. The number of nitro benzene ring substituents is 1. The standard InChI is InChI=1S/C10H10FNO4/c1-10(2,9(13)14)7-5-6(12(15)16)3-4-8(7)11/h3-5H,1-2H3,(H,13,14). The first-order valence-corrected chi connectivity index (χ1v) is 4.44. The summed E-state index contributed by atoms with van der Waals surface area (Å²) in [5.41, 5.74) is -2.03. The second-order valence-electron chi connectivity index (χ2n) is 3.85. The minimum Gasteiger partial charge on any atom is -0.481 e. The van der Waals surface area contributed by atoms with Gasteiger partial charge in [0.15, 0.2) is 0 Å². The quantitative estimate of drug-likeness (QED) is 0.633. The first kappa shape index (κ1) is 12.1. The molecule has 86 valence electrons. The normalized spacial score (nSPS) is 11.2. The van der Waals surface area contributed by atoms with Crippen LogP contribution >= 0.6 is 0 Å². The van der Waals surface area contributed by atoms with Crippen molar-refractivity contribution in [3.8, 4) is 0 Å². The average molecular weight is 227 g/mol. The van der Waals surface area contributed by atoms with Crippen molar-refractivity contribution in [2.24, 2.45) is 0 Å². The molecule has 0 aromatic heterocycles. The van der Waals surface area contributed by atoms with Crippen LogP contribution in [0.4, 0.5) is 10.1 Å². The minimum atomic E-state index is -1.50. The number of rotatable bonds is 3. The third-order valence-electron chi connectivity index (χ3n) is 2.37. The van der Waals surface area contributed by atoms with E-state index in [0.29, 0.717) is 0 Å². The van der Waals surface area contributed by atoms with Crippen molar-refractivity contribution in [1.29, 1.82) is 0 Å². The lowest BCUT2D eigenvalue weighted by atomic mass is 9.84. The third-order valence-corrected chi connectivity index (χ3v) is 2.37. The number of halogens is 1. The number of carbonyl (C=O) groups is 1. The number of carboxylic acids is 1. The summed E-state index contributed by atoms with van der Waals surface area (Å²) in [6.07, 6.45) is 0. The first-order chi connectivity index (χ1) is 7.26. The van der Waals surface area contributed by atoms with Crippen molar-refractivity contribution in [1.82, 2.24) is 0 Å². The fraction of sp³-hybridized carbons (Fsp3) is 0.300. The lowest BCUT2D eigenvalue weighted by Gasteiger charge is -2.19. The predicted octanol–water partition coefficient (Wildman–Crippen LogP) is 2.10. The number of hydrogen-bond acceptors (Lipinski definition) is 3. The lowest BCUT2D eigenvalue weighted by Crippen LogP contribution is -2.29. The summed E-state index contributed by atoms with van der Waals surface area (Å²) in [6.45, 7) is 2.58. The Balaban J connectivity index is 3.38. The van der Waals surface area contributed by atoms with Gasteiger partial charge in [0.2, 0.25) is 0 Å². The fourth-order valence-electron chi connectivity index (χ4n) is 1.22. The highest BCUT2D eigenvalue weighted by Gasteiger charge is 2.33. The Morgan fingerprint density at radius 2 is 2.06 bits per heavy atom. The maximum absolute atomic E-state index is 13.4. The molecule has 0 saturated carbocycles. The van der Waals surface area contributed by atoms with E-state index in [-0.39, 0.29) is 11.3 Å². The molecule has 0 spiro atoms. The summed E-state index contributed by atoms with van der Waals surface area (Å²) < 4.78 is 13.4. The van der Waals surface area contributed by atoms with Crippen LogP contribution in [0.3, 0.4) is 0 Å². The van der Waals surface area contributed by atoms with E-state index in [1.165, 1.54) is 13.8 Å². The van der Waals surface area contributed by atoms with Crippen LogP contribution in [-0.4, -0.2) is 16.0 Å². The van der Waals surface area contributed by atoms with Crippen LogP contribution in [-0.2, 0) is 10.2 Å². The van der Waals surface area contributed by atoms with E-state index in [0.717, 1.165) is 18.2 Å². The Labute approximate surface area is 90.7 Å². The smallest absolute Gasteiger partial charge is 0.313 e. The first-order valence-electron chi connectivity index (χ1n) is 4.44. The zero-order chi connectivity index (χ0) is 12.5. The Kier molecular flexibility index (Phi) is 2.93. The van der Waals surface area contributed by atoms with Crippen molar-refractivity contribution in [2.75, 3.05) is 0 Å². The minimum absolute atomic E-state index is 0.200. The molecular formula is C10H10FNO4. The van der Waals surface area contributed by atoms with Crippen LogP contribution in [0.1, 0.15) is 19.4 Å². The van der Waals surface area contributed by atoms with E-state index in [1.807, 2.05) is 0 Å². The number of carboxylic acid groups (broad SMARTS) is 1. The summed E-state index contributed by atoms with van der Waals surface area (Å²) in [4.78, 5) is 20.7. The van der Waals surface area contributed by atoms with Gasteiger partial charge in [0, 0.05) is 17.7 Å². The summed E-state index contributed by atoms with van der Waals surface area (Å²) in [7, 11) is 0. The van der Waals surface area contributed by atoms with E-state index in [2.05, 4.69) is 0 Å². The van der Waals surface area contributed by atoms with Crippen LogP contribution in [0.2, 0.25) is 0 Å². The van der Waals surface area contributed by atoms with Gasteiger partial charge in [-0.3, -0.25) is 14.9 Å². The summed E-state index contributed by atoms with van der Waals surface area (Å²) >= 11 is 0. The van der Waals surface area contributed by atoms with E-state index in [9.17, 15) is 19.3 Å². The number of hydrogen-bond donors (Lipinski definition) is 1. The third kappa shape index (κ3) is 2.00. The van der Waals surface area contributed by atoms with Crippen molar-refractivity contribution in [3.05, 3.63) is 39.7 Å². The van der Waals surface area contributed by atoms with Gasteiger partial charge in [0.25, 0.3) is 5.69 Å². The highest BCUT2D eigenvalue weighted by atomic mass is 19.1. The number of non-ortho nitro benzene ring substituents is 1. The molecule has 0 fully saturated rings. The second-order valence-corrected chi connectivity index (χ2v) is 3.85. The number of aliphatic carboxylic acids is 1. The summed E-state index contributed by atoms with van der Waals surface area (Å²) in [5, 5.41) is 19.4. The molecule has 16 heavy (non-hydrogen) atoms. The molecule has 0 saturated heterocycles. The van der Waals surface area contributed by atoms with E-state index >= 15 is 0 Å². The van der Waals surface area contributed by atoms with E-state index in [1.54, 1.807) is 0 Å². The molecule has 5 nitrogen and oxygen atoms in total. The van der Waals surface area contributed by atoms with E-state index < -0.39 is 22.1 Å². The molecule has 0 amide bonds. The highest BCUT2D eigenvalue weighted by molar-refractivity contribution is 5.80. The molecule has 1 aromatic rings. The average Bonchev–Trinajstić information content (AvgIpc) is 2.17. The van der Waals surface area contributed by atoms with Crippen molar-refractivity contribution < 1.29 is 19.2 Å². The maximum Gasteiger partial charge on any atom is 0.313 e. The molecule has 0 heterocycles. The van der Waals surface area contributed by atoms with Crippen molar-refractivity contribution >= 4 is 11.7 Å². The largest absolute Gasteiger partial charge is 0.481 e. The van der Waals surface area contributed by atoms with Crippen LogP contribution in [0.5, 0.6) is 0 Å². The molecule has 0 atom stereocenters. The van der Waals surface area contributed by atoms with Gasteiger partial charge in [-0.1, -0.05) is 0 Å². The molecule has 0 bridgehead atoms. The SMILES string of the molecule is CC(C)(C(=O)O)c1cc([N+](=O)[O-])ccc1F. The van der Waals surface area contributed by atoms with E-state index in [4.69, 9.17) is 5.11 Å². The zero-order valence-corrected chi connectivity index (χ0v) is 8.73. The predicted molar refractivity (Wildman–Crippen MR) is 53.7 cm³/mol. The van der Waals surface area contributed by atoms with Crippen LogP contribution in [0, 0.1) is 15.9 Å². The van der Waals surface area contributed by atoms with Gasteiger partial charge >= 0.3 is 5.97 Å². The van der Waals surface area contributed by atoms with Gasteiger partial charge in [-0.2, -0.15) is 0 Å². The molecule has 1 aromatic carbocycles. The second kappa shape index (κ2) is 3.88. The van der Waals surface area contributed by atoms with Gasteiger partial charge in [-0.25, -0.2) is 4.39 Å². The summed E-state index contributed by atoms with van der Waals surface area (Å²) in [6, 6.07) is 2.85. The number of nitrogens with zero attached hydrogens (tertiary/aromatic N) is 1. The van der Waals surface area contributed by atoms with Gasteiger partial charge < -0.3 is 5.11 Å².